The molecule has 2 N–H and O–H groups in total. The second kappa shape index (κ2) is 7.82. The van der Waals surface area contributed by atoms with Crippen LogP contribution < -0.4 is 5.32 Å². The van der Waals surface area contributed by atoms with E-state index < -0.39 is 23.9 Å². The largest absolute Gasteiger partial charge is 0.465 e. The fourth-order valence-corrected chi connectivity index (χ4v) is 2.52. The second-order valence-corrected chi connectivity index (χ2v) is 6.26. The number of aromatic nitrogens is 2. The van der Waals surface area contributed by atoms with Gasteiger partial charge in [-0.3, -0.25) is 4.90 Å². The molecule has 0 spiro atoms. The molecule has 0 aliphatic heterocycles. The molecule has 1 unspecified atom stereocenters. The van der Waals surface area contributed by atoms with Gasteiger partial charge in [0, 0.05) is 12.7 Å². The van der Waals surface area contributed by atoms with Gasteiger partial charge in [0.05, 0.1) is 16.8 Å². The summed E-state index contributed by atoms with van der Waals surface area (Å²) in [5, 5.41) is 20.0. The monoisotopic (exact) mass is 406 g/mol. The third-order valence-electron chi connectivity index (χ3n) is 4.33. The number of halogens is 3. The Balaban J connectivity index is 1.86. The average Bonchev–Trinajstić information content (AvgIpc) is 3.17. The molecular formula is C19H17F3N4O3. The van der Waals surface area contributed by atoms with Gasteiger partial charge in [-0.2, -0.15) is 13.2 Å². The van der Waals surface area contributed by atoms with E-state index in [0.29, 0.717) is 16.9 Å². The highest BCUT2D eigenvalue weighted by molar-refractivity contribution is 5.76. The molecular weight excluding hydrogens is 389 g/mol. The Morgan fingerprint density at radius 2 is 1.79 bits per heavy atom. The number of carboxylic acid groups (broad SMARTS) is 1. The molecule has 10 heteroatoms. The van der Waals surface area contributed by atoms with Crippen LogP contribution in [0.2, 0.25) is 0 Å². The number of carbonyl (C=O) groups is 1. The lowest BCUT2D eigenvalue weighted by molar-refractivity contribution is -0.137. The van der Waals surface area contributed by atoms with E-state index in [1.807, 2.05) is 0 Å². The Morgan fingerprint density at radius 1 is 1.14 bits per heavy atom. The van der Waals surface area contributed by atoms with Crippen molar-refractivity contribution in [2.24, 2.45) is 0 Å². The number of amides is 1. The van der Waals surface area contributed by atoms with Crippen LogP contribution >= 0.6 is 0 Å². The third kappa shape index (κ3) is 4.48. The van der Waals surface area contributed by atoms with Crippen molar-refractivity contribution < 1.29 is 27.5 Å². The zero-order valence-corrected chi connectivity index (χ0v) is 15.4. The van der Waals surface area contributed by atoms with E-state index in [1.54, 1.807) is 31.2 Å². The van der Waals surface area contributed by atoms with Crippen LogP contribution in [0, 0.1) is 0 Å². The van der Waals surface area contributed by atoms with Crippen LogP contribution in [0.1, 0.15) is 24.4 Å². The van der Waals surface area contributed by atoms with Crippen LogP contribution in [0.15, 0.2) is 52.9 Å². The Morgan fingerprint density at radius 3 is 2.41 bits per heavy atom. The lowest BCUT2D eigenvalue weighted by Gasteiger charge is -2.17. The summed E-state index contributed by atoms with van der Waals surface area (Å²) >= 11 is 0. The van der Waals surface area contributed by atoms with E-state index in [9.17, 15) is 18.0 Å². The van der Waals surface area contributed by atoms with Crippen LogP contribution in [0.3, 0.4) is 0 Å². The first-order chi connectivity index (χ1) is 13.7. The summed E-state index contributed by atoms with van der Waals surface area (Å²) in [5.41, 5.74) is 0.775. The first-order valence-corrected chi connectivity index (χ1v) is 8.49. The third-order valence-corrected chi connectivity index (χ3v) is 4.33. The number of benzene rings is 2. The minimum atomic E-state index is -4.41. The molecule has 0 radical (unpaired) electrons. The lowest BCUT2D eigenvalue weighted by atomic mass is 10.1. The summed E-state index contributed by atoms with van der Waals surface area (Å²) in [5.74, 6) is 0.273. The van der Waals surface area contributed by atoms with Crippen molar-refractivity contribution in [3.8, 4) is 11.5 Å². The van der Waals surface area contributed by atoms with Crippen molar-refractivity contribution >= 4 is 17.5 Å². The van der Waals surface area contributed by atoms with Crippen LogP contribution in [-0.4, -0.2) is 33.3 Å². The molecule has 3 aromatic rings. The summed E-state index contributed by atoms with van der Waals surface area (Å²) in [6.45, 7) is 1.61. The molecule has 0 aliphatic carbocycles. The van der Waals surface area contributed by atoms with Gasteiger partial charge in [0.1, 0.15) is 6.04 Å². The van der Waals surface area contributed by atoms with Gasteiger partial charge >= 0.3 is 12.3 Å². The van der Waals surface area contributed by atoms with E-state index in [1.165, 1.54) is 19.2 Å². The number of rotatable bonds is 5. The van der Waals surface area contributed by atoms with Crippen LogP contribution in [0.4, 0.5) is 29.3 Å². The summed E-state index contributed by atoms with van der Waals surface area (Å²) in [7, 11) is 1.39. The normalized spacial score (nSPS) is 12.4. The van der Waals surface area contributed by atoms with E-state index in [0.717, 1.165) is 17.0 Å². The Hall–Kier alpha value is -3.56. The van der Waals surface area contributed by atoms with Gasteiger partial charge in [0.15, 0.2) is 0 Å². The quantitative estimate of drug-likeness (QED) is 0.607. The molecule has 1 heterocycles. The highest BCUT2D eigenvalue weighted by Gasteiger charge is 2.30. The zero-order chi connectivity index (χ0) is 21.2. The van der Waals surface area contributed by atoms with Crippen molar-refractivity contribution in [3.05, 3.63) is 60.0 Å². The minimum absolute atomic E-state index is 0.120. The van der Waals surface area contributed by atoms with Crippen molar-refractivity contribution in [1.82, 2.24) is 15.1 Å². The van der Waals surface area contributed by atoms with Crippen LogP contribution in [-0.2, 0) is 6.18 Å². The van der Waals surface area contributed by atoms with Crippen molar-refractivity contribution in [1.29, 1.82) is 0 Å². The molecule has 0 saturated heterocycles. The first kappa shape index (κ1) is 20.2. The summed E-state index contributed by atoms with van der Waals surface area (Å²) in [6.07, 6.45) is -5.54. The molecule has 2 aromatic carbocycles. The fraction of sp³-hybridized carbons (Fsp3) is 0.211. The number of hydrogen-bond acceptors (Lipinski definition) is 5. The van der Waals surface area contributed by atoms with Crippen molar-refractivity contribution in [2.75, 3.05) is 12.4 Å². The maximum absolute atomic E-state index is 12.7. The van der Waals surface area contributed by atoms with Gasteiger partial charge in [0.2, 0.25) is 11.8 Å². The van der Waals surface area contributed by atoms with Gasteiger partial charge in [-0.05, 0) is 43.3 Å². The van der Waals surface area contributed by atoms with Gasteiger partial charge in [-0.15, -0.1) is 10.2 Å². The molecule has 0 aliphatic rings. The predicted molar refractivity (Wildman–Crippen MR) is 98.7 cm³/mol. The smallest absolute Gasteiger partial charge is 0.416 e. The minimum Gasteiger partial charge on any atom is -0.465 e. The molecule has 7 nitrogen and oxygen atoms in total. The number of anilines is 2. The molecule has 0 bridgehead atoms. The molecule has 0 fully saturated rings. The van der Waals surface area contributed by atoms with E-state index in [2.05, 4.69) is 15.5 Å². The molecule has 3 rings (SSSR count). The maximum atomic E-state index is 12.7. The Bertz CT molecular complexity index is 1000. The molecule has 1 aromatic heterocycles. The lowest BCUT2D eigenvalue weighted by Crippen LogP contribution is -2.28. The van der Waals surface area contributed by atoms with Crippen molar-refractivity contribution in [3.63, 3.8) is 0 Å². The number of nitrogens with one attached hydrogen (secondary N) is 1. The number of nitrogens with zero attached hydrogens (tertiary/aromatic N) is 3. The summed E-state index contributed by atoms with van der Waals surface area (Å²) in [6, 6.07) is 10.9. The van der Waals surface area contributed by atoms with Gasteiger partial charge in [-0.25, -0.2) is 4.79 Å². The number of hydrogen-bond donors (Lipinski definition) is 2. The summed E-state index contributed by atoms with van der Waals surface area (Å²) < 4.78 is 43.8. The zero-order valence-electron chi connectivity index (χ0n) is 15.4. The molecule has 29 heavy (non-hydrogen) atoms. The van der Waals surface area contributed by atoms with E-state index in [-0.39, 0.29) is 11.8 Å². The van der Waals surface area contributed by atoms with Crippen LogP contribution in [0.5, 0.6) is 0 Å². The van der Waals surface area contributed by atoms with Crippen LogP contribution in [0.25, 0.3) is 11.5 Å². The summed E-state index contributed by atoms with van der Waals surface area (Å²) in [4.78, 5) is 12.1. The van der Waals surface area contributed by atoms with Gasteiger partial charge in [-0.1, -0.05) is 12.1 Å². The average molecular weight is 406 g/mol. The molecule has 152 valence electrons. The number of para-hydroxylation sites is 1. The van der Waals surface area contributed by atoms with Crippen molar-refractivity contribution in [2.45, 2.75) is 19.1 Å². The first-order valence-electron chi connectivity index (χ1n) is 8.49. The standard InChI is InChI=1S/C19H17F3N4O3/c1-11(26(2)18(27)28)16-24-25-17(29-16)14-5-3-4-6-15(14)23-13-9-7-12(8-10-13)19(20,21)22/h3-11,23H,1-2H3,(H,27,28). The Labute approximate surface area is 163 Å². The molecule has 0 saturated carbocycles. The van der Waals surface area contributed by atoms with E-state index in [4.69, 9.17) is 9.52 Å². The molecule has 1 atom stereocenters. The van der Waals surface area contributed by atoms with E-state index >= 15 is 0 Å². The fourth-order valence-electron chi connectivity index (χ4n) is 2.52. The Kier molecular flexibility index (Phi) is 5.44. The second-order valence-electron chi connectivity index (χ2n) is 6.26. The maximum Gasteiger partial charge on any atom is 0.416 e. The van der Waals surface area contributed by atoms with Gasteiger partial charge < -0.3 is 14.8 Å². The topological polar surface area (TPSA) is 91.5 Å². The highest BCUT2D eigenvalue weighted by atomic mass is 19.4. The number of alkyl halides is 3. The highest BCUT2D eigenvalue weighted by Crippen LogP contribution is 2.33. The predicted octanol–water partition coefficient (Wildman–Crippen LogP) is 5.17. The van der Waals surface area contributed by atoms with Gasteiger partial charge in [0.25, 0.3) is 0 Å². The SMILES string of the molecule is CC(c1nnc(-c2ccccc2Nc2ccc(C(F)(F)F)cc2)o1)N(C)C(=O)O. The molecule has 1 amide bonds.